The fourth-order valence-corrected chi connectivity index (χ4v) is 4.64. The van der Waals surface area contributed by atoms with Crippen molar-refractivity contribution in [2.24, 2.45) is 0 Å². The van der Waals surface area contributed by atoms with Crippen molar-refractivity contribution < 1.29 is 4.39 Å². The largest absolute Gasteiger partial charge is 0.292 e. The van der Waals surface area contributed by atoms with E-state index in [4.69, 9.17) is 4.98 Å². The van der Waals surface area contributed by atoms with Gasteiger partial charge in [0, 0.05) is 11.3 Å². The first kappa shape index (κ1) is 14.6. The molecule has 118 valence electrons. The van der Waals surface area contributed by atoms with Gasteiger partial charge in [0.15, 0.2) is 0 Å². The quantitative estimate of drug-likeness (QED) is 0.735. The molecular formula is C18H17FN2OS. The number of aromatic nitrogens is 2. The highest BCUT2D eigenvalue weighted by Gasteiger charge is 2.22. The van der Waals surface area contributed by atoms with Gasteiger partial charge in [-0.25, -0.2) is 9.37 Å². The normalized spacial score (nSPS) is 13.7. The number of nitrogens with zero attached hydrogens (tertiary/aromatic N) is 2. The summed E-state index contributed by atoms with van der Waals surface area (Å²) in [7, 11) is 0. The van der Waals surface area contributed by atoms with Crippen LogP contribution in [0.3, 0.4) is 0 Å². The lowest BCUT2D eigenvalue weighted by molar-refractivity contribution is 0.620. The smallest absolute Gasteiger partial charge is 0.262 e. The van der Waals surface area contributed by atoms with E-state index in [2.05, 4.69) is 0 Å². The molecule has 2 aromatic heterocycles. The Kier molecular flexibility index (Phi) is 3.53. The van der Waals surface area contributed by atoms with Gasteiger partial charge in [0.2, 0.25) is 0 Å². The van der Waals surface area contributed by atoms with Gasteiger partial charge in [0.1, 0.15) is 16.5 Å². The highest BCUT2D eigenvalue weighted by molar-refractivity contribution is 7.18. The first-order valence-electron chi connectivity index (χ1n) is 7.95. The number of fused-ring (bicyclic) bond motifs is 3. The summed E-state index contributed by atoms with van der Waals surface area (Å²) in [6.07, 6.45) is 3.83. The van der Waals surface area contributed by atoms with Gasteiger partial charge in [0.05, 0.1) is 11.9 Å². The predicted molar refractivity (Wildman–Crippen MR) is 90.8 cm³/mol. The lowest BCUT2D eigenvalue weighted by Gasteiger charge is -2.12. The van der Waals surface area contributed by atoms with Crippen molar-refractivity contribution in [2.45, 2.75) is 39.2 Å². The zero-order valence-electron chi connectivity index (χ0n) is 12.9. The van der Waals surface area contributed by atoms with Crippen molar-refractivity contribution in [2.75, 3.05) is 0 Å². The number of hydrogen-bond donors (Lipinski definition) is 0. The molecule has 1 aliphatic carbocycles. The lowest BCUT2D eigenvalue weighted by Crippen LogP contribution is -2.25. The van der Waals surface area contributed by atoms with Crippen molar-refractivity contribution >= 4 is 21.6 Å². The number of halogens is 1. The number of rotatable bonds is 3. The molecule has 0 radical (unpaired) electrons. The average molecular weight is 328 g/mol. The summed E-state index contributed by atoms with van der Waals surface area (Å²) in [6.45, 7) is 2.37. The van der Waals surface area contributed by atoms with Gasteiger partial charge in [-0.05, 0) is 42.5 Å². The van der Waals surface area contributed by atoms with Crippen LogP contribution in [0.2, 0.25) is 0 Å². The van der Waals surface area contributed by atoms with E-state index in [1.165, 1.54) is 22.6 Å². The lowest BCUT2D eigenvalue weighted by atomic mass is 10.2. The van der Waals surface area contributed by atoms with Gasteiger partial charge in [-0.3, -0.25) is 9.36 Å². The maximum atomic E-state index is 13.4. The van der Waals surface area contributed by atoms with E-state index >= 15 is 0 Å². The van der Waals surface area contributed by atoms with Crippen molar-refractivity contribution in [3.05, 3.63) is 62.3 Å². The SMILES string of the molecule is CCc1nc2sc3c(c2c(=O)n1Cc1cccc(F)c1)CCC3. The zero-order chi connectivity index (χ0) is 16.0. The molecule has 0 aliphatic heterocycles. The minimum atomic E-state index is -0.279. The number of benzene rings is 1. The molecular weight excluding hydrogens is 311 g/mol. The molecule has 0 saturated carbocycles. The third-order valence-corrected chi connectivity index (χ3v) is 5.64. The van der Waals surface area contributed by atoms with Crippen molar-refractivity contribution in [1.82, 2.24) is 9.55 Å². The summed E-state index contributed by atoms with van der Waals surface area (Å²) in [5, 5.41) is 0.788. The summed E-state index contributed by atoms with van der Waals surface area (Å²) in [6, 6.07) is 6.42. The van der Waals surface area contributed by atoms with Crippen LogP contribution in [0.25, 0.3) is 10.2 Å². The molecule has 0 saturated heterocycles. The van der Waals surface area contributed by atoms with Crippen LogP contribution < -0.4 is 5.56 Å². The monoisotopic (exact) mass is 328 g/mol. The van der Waals surface area contributed by atoms with Crippen LogP contribution >= 0.6 is 11.3 Å². The second kappa shape index (κ2) is 5.57. The standard InChI is InChI=1S/C18H17FN2OS/c1-2-15-20-17-16(13-7-4-8-14(13)23-17)18(22)21(15)10-11-5-3-6-12(19)9-11/h3,5-6,9H,2,4,7-8,10H2,1H3. The molecule has 1 aromatic carbocycles. The Morgan fingerprint density at radius 1 is 1.35 bits per heavy atom. The van der Waals surface area contributed by atoms with Gasteiger partial charge in [-0.1, -0.05) is 19.1 Å². The van der Waals surface area contributed by atoms with Crippen LogP contribution in [0.1, 0.15) is 35.2 Å². The molecule has 4 rings (SSSR count). The van der Waals surface area contributed by atoms with Crippen molar-refractivity contribution in [3.8, 4) is 0 Å². The van der Waals surface area contributed by atoms with Crippen LogP contribution in [0.4, 0.5) is 4.39 Å². The Labute approximate surface area is 137 Å². The molecule has 0 spiro atoms. The summed E-state index contributed by atoms with van der Waals surface area (Å²) in [5.74, 6) is 0.491. The van der Waals surface area contributed by atoms with Crippen LogP contribution in [0.5, 0.6) is 0 Å². The molecule has 3 aromatic rings. The number of aryl methyl sites for hydroxylation is 3. The van der Waals surface area contributed by atoms with Gasteiger partial charge in [-0.15, -0.1) is 11.3 Å². The molecule has 1 aliphatic rings. The van der Waals surface area contributed by atoms with Crippen LogP contribution in [0, 0.1) is 5.82 Å². The van der Waals surface area contributed by atoms with Gasteiger partial charge >= 0.3 is 0 Å². The third kappa shape index (κ3) is 2.39. The molecule has 0 N–H and O–H groups in total. The Balaban J connectivity index is 1.91. The first-order chi connectivity index (χ1) is 11.2. The summed E-state index contributed by atoms with van der Waals surface area (Å²) in [4.78, 5) is 20.0. The minimum Gasteiger partial charge on any atom is -0.292 e. The Hall–Kier alpha value is -2.01. The fourth-order valence-electron chi connectivity index (χ4n) is 3.37. The molecule has 23 heavy (non-hydrogen) atoms. The maximum Gasteiger partial charge on any atom is 0.262 e. The van der Waals surface area contributed by atoms with E-state index in [1.54, 1.807) is 22.0 Å². The van der Waals surface area contributed by atoms with E-state index in [0.717, 1.165) is 40.9 Å². The van der Waals surface area contributed by atoms with E-state index < -0.39 is 0 Å². The second-order valence-corrected chi connectivity index (χ2v) is 7.02. The zero-order valence-corrected chi connectivity index (χ0v) is 13.8. The van der Waals surface area contributed by atoms with Crippen LogP contribution in [-0.2, 0) is 25.8 Å². The summed E-state index contributed by atoms with van der Waals surface area (Å²) in [5.41, 5.74) is 2.00. The van der Waals surface area contributed by atoms with Gasteiger partial charge in [0.25, 0.3) is 5.56 Å². The third-order valence-electron chi connectivity index (χ3n) is 4.45. The molecule has 0 bridgehead atoms. The predicted octanol–water partition coefficient (Wildman–Crippen LogP) is 3.70. The topological polar surface area (TPSA) is 34.9 Å². The van der Waals surface area contributed by atoms with Crippen LogP contribution in [-0.4, -0.2) is 9.55 Å². The Morgan fingerprint density at radius 3 is 3.00 bits per heavy atom. The molecule has 5 heteroatoms. The average Bonchev–Trinajstić information content (AvgIpc) is 3.10. The molecule has 0 atom stereocenters. The van der Waals surface area contributed by atoms with Crippen LogP contribution in [0.15, 0.2) is 29.1 Å². The van der Waals surface area contributed by atoms with E-state index in [1.807, 2.05) is 13.0 Å². The van der Waals surface area contributed by atoms with E-state index in [9.17, 15) is 9.18 Å². The maximum absolute atomic E-state index is 13.4. The van der Waals surface area contributed by atoms with E-state index in [-0.39, 0.29) is 11.4 Å². The highest BCUT2D eigenvalue weighted by atomic mass is 32.1. The molecule has 2 heterocycles. The summed E-state index contributed by atoms with van der Waals surface area (Å²) < 4.78 is 15.1. The summed E-state index contributed by atoms with van der Waals surface area (Å²) >= 11 is 1.66. The first-order valence-corrected chi connectivity index (χ1v) is 8.77. The Morgan fingerprint density at radius 2 is 2.22 bits per heavy atom. The number of thiophene rings is 1. The highest BCUT2D eigenvalue weighted by Crippen LogP contribution is 2.34. The van der Waals surface area contributed by atoms with Crippen molar-refractivity contribution in [3.63, 3.8) is 0 Å². The fraction of sp³-hybridized carbons (Fsp3) is 0.333. The number of hydrogen-bond acceptors (Lipinski definition) is 3. The molecule has 0 fully saturated rings. The van der Waals surface area contributed by atoms with Crippen molar-refractivity contribution in [1.29, 1.82) is 0 Å². The van der Waals surface area contributed by atoms with Gasteiger partial charge in [-0.2, -0.15) is 0 Å². The molecule has 0 amide bonds. The minimum absolute atomic E-state index is 0.0236. The van der Waals surface area contributed by atoms with E-state index in [0.29, 0.717) is 13.0 Å². The second-order valence-electron chi connectivity index (χ2n) is 5.94. The molecule has 3 nitrogen and oxygen atoms in total. The molecule has 0 unspecified atom stereocenters. The van der Waals surface area contributed by atoms with Gasteiger partial charge < -0.3 is 0 Å². The Bertz CT molecular complexity index is 958.